The molecule has 5 rings (SSSR count). The first-order valence-electron chi connectivity index (χ1n) is 10.5. The first kappa shape index (κ1) is 19.8. The van der Waals surface area contributed by atoms with Gasteiger partial charge in [0.05, 0.1) is 17.7 Å². The van der Waals surface area contributed by atoms with Crippen molar-refractivity contribution in [2.24, 2.45) is 0 Å². The number of carbonyl (C=O) groups is 2. The average Bonchev–Trinajstić information content (AvgIpc) is 2.89. The van der Waals surface area contributed by atoms with Gasteiger partial charge in [0.25, 0.3) is 5.91 Å². The summed E-state index contributed by atoms with van der Waals surface area (Å²) in [4.78, 5) is 27.5. The molecule has 1 aliphatic rings. The number of benzene rings is 4. The van der Waals surface area contributed by atoms with Gasteiger partial charge in [-0.15, -0.1) is 0 Å². The van der Waals surface area contributed by atoms with Gasteiger partial charge in [-0.25, -0.2) is 0 Å². The van der Waals surface area contributed by atoms with Gasteiger partial charge in [-0.05, 0) is 59.2 Å². The van der Waals surface area contributed by atoms with Crippen molar-refractivity contribution in [3.05, 3.63) is 95.6 Å². The number of hydrogen-bond acceptors (Lipinski definition) is 3. The number of aryl methyl sites for hydroxylation is 1. The van der Waals surface area contributed by atoms with Crippen LogP contribution in [0, 0.1) is 6.92 Å². The van der Waals surface area contributed by atoms with Gasteiger partial charge >= 0.3 is 0 Å². The van der Waals surface area contributed by atoms with E-state index in [0.29, 0.717) is 28.4 Å². The molecule has 4 aromatic rings. The molecule has 4 aromatic carbocycles. The van der Waals surface area contributed by atoms with Crippen molar-refractivity contribution >= 4 is 34.0 Å². The molecule has 32 heavy (non-hydrogen) atoms. The largest absolute Gasteiger partial charge is 0.454 e. The fourth-order valence-electron chi connectivity index (χ4n) is 4.07. The van der Waals surface area contributed by atoms with Crippen LogP contribution in [0.25, 0.3) is 10.8 Å². The Morgan fingerprint density at radius 2 is 1.72 bits per heavy atom. The van der Waals surface area contributed by atoms with Crippen molar-refractivity contribution < 1.29 is 14.3 Å². The van der Waals surface area contributed by atoms with E-state index in [0.717, 1.165) is 21.9 Å². The van der Waals surface area contributed by atoms with Crippen LogP contribution in [-0.2, 0) is 11.2 Å². The van der Waals surface area contributed by atoms with Gasteiger partial charge in [0, 0.05) is 12.7 Å². The van der Waals surface area contributed by atoms with Crippen LogP contribution in [0.5, 0.6) is 11.5 Å². The molecule has 0 aromatic heterocycles. The molecule has 2 amide bonds. The number of amides is 2. The van der Waals surface area contributed by atoms with Gasteiger partial charge < -0.3 is 15.0 Å². The molecule has 158 valence electrons. The second-order valence-electron chi connectivity index (χ2n) is 8.01. The van der Waals surface area contributed by atoms with Crippen molar-refractivity contribution in [3.63, 3.8) is 0 Å². The fourth-order valence-corrected chi connectivity index (χ4v) is 4.07. The zero-order chi connectivity index (χ0) is 22.2. The molecule has 0 fully saturated rings. The quantitative estimate of drug-likeness (QED) is 0.460. The predicted molar refractivity (Wildman–Crippen MR) is 127 cm³/mol. The van der Waals surface area contributed by atoms with Crippen molar-refractivity contribution in [1.82, 2.24) is 0 Å². The van der Waals surface area contributed by atoms with Crippen LogP contribution in [0.2, 0.25) is 0 Å². The molecule has 0 atom stereocenters. The highest BCUT2D eigenvalue weighted by atomic mass is 16.5. The smallest absolute Gasteiger partial charge is 0.261 e. The maximum atomic E-state index is 13.1. The van der Waals surface area contributed by atoms with Crippen LogP contribution < -0.4 is 15.0 Å². The Hall–Kier alpha value is -4.12. The summed E-state index contributed by atoms with van der Waals surface area (Å²) < 4.78 is 6.03. The predicted octanol–water partition coefficient (Wildman–Crippen LogP) is 5.71. The molecule has 0 saturated carbocycles. The van der Waals surface area contributed by atoms with Crippen LogP contribution >= 0.6 is 0 Å². The molecule has 5 heteroatoms. The lowest BCUT2D eigenvalue weighted by atomic mass is 10.0. The summed E-state index contributed by atoms with van der Waals surface area (Å²) >= 11 is 0. The summed E-state index contributed by atoms with van der Waals surface area (Å²) in [6, 6.07) is 24.9. The van der Waals surface area contributed by atoms with E-state index in [1.54, 1.807) is 30.1 Å². The maximum Gasteiger partial charge on any atom is 0.261 e. The Kier molecular flexibility index (Phi) is 4.86. The summed E-state index contributed by atoms with van der Waals surface area (Å²) in [6.07, 6.45) is 0.244. The minimum atomic E-state index is -0.186. The normalized spacial score (nSPS) is 12.6. The van der Waals surface area contributed by atoms with Crippen LogP contribution in [0.15, 0.2) is 78.9 Å². The molecule has 0 spiro atoms. The Morgan fingerprint density at radius 3 is 2.59 bits per heavy atom. The zero-order valence-electron chi connectivity index (χ0n) is 17.9. The number of hydrogen-bond donors (Lipinski definition) is 1. The van der Waals surface area contributed by atoms with Crippen molar-refractivity contribution in [2.75, 3.05) is 17.3 Å². The first-order chi connectivity index (χ1) is 15.5. The molecule has 0 bridgehead atoms. The second-order valence-corrected chi connectivity index (χ2v) is 8.01. The SMILES string of the molecule is Cc1ccc2c(c1)N(C)C(=O)c1cc(NC(=O)Cc3cccc4ccccc34)ccc1O2. The summed E-state index contributed by atoms with van der Waals surface area (Å²) in [5, 5.41) is 5.09. The van der Waals surface area contributed by atoms with Crippen LogP contribution in [-0.4, -0.2) is 18.9 Å². The second kappa shape index (κ2) is 7.85. The molecular formula is C27H22N2O3. The third-order valence-electron chi connectivity index (χ3n) is 5.73. The Bertz CT molecular complexity index is 1370. The molecule has 0 aliphatic carbocycles. The molecule has 1 aliphatic heterocycles. The van der Waals surface area contributed by atoms with Crippen molar-refractivity contribution in [3.8, 4) is 11.5 Å². The average molecular weight is 422 g/mol. The number of anilines is 2. The topological polar surface area (TPSA) is 58.6 Å². The molecule has 1 N–H and O–H groups in total. The highest BCUT2D eigenvalue weighted by Gasteiger charge is 2.26. The summed E-state index contributed by atoms with van der Waals surface area (Å²) in [7, 11) is 1.73. The van der Waals surface area contributed by atoms with E-state index in [1.165, 1.54) is 0 Å². The molecule has 0 saturated heterocycles. The monoisotopic (exact) mass is 422 g/mol. The molecular weight excluding hydrogens is 400 g/mol. The lowest BCUT2D eigenvalue weighted by Crippen LogP contribution is -2.25. The fraction of sp³-hybridized carbons (Fsp3) is 0.111. The van der Waals surface area contributed by atoms with E-state index in [-0.39, 0.29) is 18.2 Å². The third kappa shape index (κ3) is 3.58. The standard InChI is InChI=1S/C27H22N2O3/c1-17-10-12-25-23(14-17)29(2)27(31)22-16-20(11-13-24(22)32-25)28-26(30)15-19-8-5-7-18-6-3-4-9-21(18)19/h3-14,16H,15H2,1-2H3,(H,28,30). The summed E-state index contributed by atoms with van der Waals surface area (Å²) in [5.41, 5.74) is 3.68. The number of ether oxygens (including phenoxy) is 1. The number of fused-ring (bicyclic) bond motifs is 3. The Morgan fingerprint density at radius 1 is 0.938 bits per heavy atom. The van der Waals surface area contributed by atoms with Crippen molar-refractivity contribution in [2.45, 2.75) is 13.3 Å². The van der Waals surface area contributed by atoms with E-state index in [9.17, 15) is 9.59 Å². The first-order valence-corrected chi connectivity index (χ1v) is 10.5. The van der Waals surface area contributed by atoms with Crippen LogP contribution in [0.4, 0.5) is 11.4 Å². The van der Waals surface area contributed by atoms with Crippen LogP contribution in [0.1, 0.15) is 21.5 Å². The number of nitrogens with zero attached hydrogens (tertiary/aromatic N) is 1. The van der Waals surface area contributed by atoms with Gasteiger partial charge in [0.2, 0.25) is 5.91 Å². The lowest BCUT2D eigenvalue weighted by Gasteiger charge is -2.16. The highest BCUT2D eigenvalue weighted by Crippen LogP contribution is 2.39. The van der Waals surface area contributed by atoms with E-state index < -0.39 is 0 Å². The minimum Gasteiger partial charge on any atom is -0.454 e. The minimum absolute atomic E-state index is 0.143. The van der Waals surface area contributed by atoms with E-state index in [1.807, 2.05) is 67.6 Å². The summed E-state index contributed by atoms with van der Waals surface area (Å²) in [5.74, 6) is 0.763. The maximum absolute atomic E-state index is 13.1. The van der Waals surface area contributed by atoms with Gasteiger partial charge in [0.15, 0.2) is 5.75 Å². The van der Waals surface area contributed by atoms with Gasteiger partial charge in [0.1, 0.15) is 5.75 Å². The van der Waals surface area contributed by atoms with E-state index in [2.05, 4.69) is 5.32 Å². The third-order valence-corrected chi connectivity index (χ3v) is 5.73. The summed E-state index contributed by atoms with van der Waals surface area (Å²) in [6.45, 7) is 1.97. The van der Waals surface area contributed by atoms with E-state index in [4.69, 9.17) is 4.74 Å². The number of rotatable bonds is 3. The van der Waals surface area contributed by atoms with Crippen LogP contribution in [0.3, 0.4) is 0 Å². The highest BCUT2D eigenvalue weighted by molar-refractivity contribution is 6.10. The number of carbonyl (C=O) groups excluding carboxylic acids is 2. The van der Waals surface area contributed by atoms with Gasteiger partial charge in [-0.2, -0.15) is 0 Å². The van der Waals surface area contributed by atoms with Crippen molar-refractivity contribution in [1.29, 1.82) is 0 Å². The molecule has 0 radical (unpaired) electrons. The van der Waals surface area contributed by atoms with E-state index >= 15 is 0 Å². The Labute approximate surface area is 186 Å². The number of nitrogens with one attached hydrogen (secondary N) is 1. The molecule has 0 unspecified atom stereocenters. The lowest BCUT2D eigenvalue weighted by molar-refractivity contribution is -0.115. The zero-order valence-corrected chi connectivity index (χ0v) is 17.9. The van der Waals surface area contributed by atoms with Gasteiger partial charge in [-0.3, -0.25) is 9.59 Å². The van der Waals surface area contributed by atoms with Gasteiger partial charge in [-0.1, -0.05) is 48.5 Å². The molecule has 1 heterocycles. The molecule has 5 nitrogen and oxygen atoms in total. The Balaban J connectivity index is 1.40.